The molecule has 0 N–H and O–H groups in total. The Labute approximate surface area is 207 Å². The van der Waals surface area contributed by atoms with E-state index in [1.165, 1.54) is 57.8 Å². The minimum Gasteiger partial charge on any atom is -0.490 e. The molecule has 0 radical (unpaired) electrons. The van der Waals surface area contributed by atoms with Crippen LogP contribution >= 0.6 is 0 Å². The molecule has 188 valence electrons. The van der Waals surface area contributed by atoms with E-state index in [0.29, 0.717) is 23.7 Å². The van der Waals surface area contributed by atoms with E-state index in [-0.39, 0.29) is 6.10 Å². The van der Waals surface area contributed by atoms with Crippen molar-refractivity contribution in [3.63, 3.8) is 0 Å². The summed E-state index contributed by atoms with van der Waals surface area (Å²) in [6, 6.07) is 14.8. The van der Waals surface area contributed by atoms with Crippen LogP contribution in [0.15, 0.2) is 48.5 Å². The predicted molar refractivity (Wildman–Crippen MR) is 140 cm³/mol. The fourth-order valence-corrected chi connectivity index (χ4v) is 3.86. The smallest absolute Gasteiger partial charge is 0.343 e. The Morgan fingerprint density at radius 1 is 0.706 bits per heavy atom. The monoisotopic (exact) mass is 468 g/mol. The lowest BCUT2D eigenvalue weighted by Crippen LogP contribution is -2.10. The van der Waals surface area contributed by atoms with Crippen LogP contribution in [0.25, 0.3) is 0 Å². The van der Waals surface area contributed by atoms with Crippen molar-refractivity contribution in [3.8, 4) is 11.5 Å². The molecule has 0 spiro atoms. The zero-order valence-corrected chi connectivity index (χ0v) is 21.5. The molecule has 0 aliphatic heterocycles. The van der Waals surface area contributed by atoms with E-state index in [0.717, 1.165) is 25.0 Å². The summed E-state index contributed by atoms with van der Waals surface area (Å²) < 4.78 is 17.3. The Hall–Kier alpha value is -2.33. The van der Waals surface area contributed by atoms with Gasteiger partial charge in [-0.2, -0.15) is 0 Å². The Morgan fingerprint density at radius 3 is 1.91 bits per heavy atom. The van der Waals surface area contributed by atoms with Gasteiger partial charge in [-0.25, -0.2) is 4.79 Å². The Bertz CT molecular complexity index is 800. The van der Waals surface area contributed by atoms with E-state index in [1.807, 2.05) is 37.3 Å². The molecule has 1 atom stereocenters. The van der Waals surface area contributed by atoms with Gasteiger partial charge in [-0.1, -0.05) is 95.9 Å². The third-order valence-electron chi connectivity index (χ3n) is 6.00. The second-order valence-corrected chi connectivity index (χ2v) is 9.00. The maximum Gasteiger partial charge on any atom is 0.343 e. The topological polar surface area (TPSA) is 44.8 Å². The molecule has 0 aliphatic rings. The molecule has 2 aromatic carbocycles. The molecule has 2 aromatic rings. The number of hydrogen-bond donors (Lipinski definition) is 0. The van der Waals surface area contributed by atoms with Gasteiger partial charge in [0.1, 0.15) is 0 Å². The quantitative estimate of drug-likeness (QED) is 0.125. The highest BCUT2D eigenvalue weighted by atomic mass is 16.6. The summed E-state index contributed by atoms with van der Waals surface area (Å²) in [5, 5.41) is 0. The zero-order chi connectivity index (χ0) is 24.4. The SMILES string of the molecule is CCCCCCCCCCCCOC(C)c1ccc(C(=O)Oc2ccccc2OCCC)cc1. The number of unbranched alkanes of at least 4 members (excludes halogenated alkanes) is 9. The van der Waals surface area contributed by atoms with Crippen LogP contribution in [-0.4, -0.2) is 19.2 Å². The molecular weight excluding hydrogens is 424 g/mol. The van der Waals surface area contributed by atoms with Gasteiger partial charge in [-0.05, 0) is 49.6 Å². The molecule has 0 amide bonds. The van der Waals surface area contributed by atoms with Crippen molar-refractivity contribution in [2.75, 3.05) is 13.2 Å². The second-order valence-electron chi connectivity index (χ2n) is 9.00. The lowest BCUT2D eigenvalue weighted by Gasteiger charge is -2.14. The molecule has 0 heterocycles. The van der Waals surface area contributed by atoms with E-state index in [4.69, 9.17) is 14.2 Å². The summed E-state index contributed by atoms with van der Waals surface area (Å²) in [7, 11) is 0. The first-order chi connectivity index (χ1) is 16.7. The first-order valence-electron chi connectivity index (χ1n) is 13.3. The van der Waals surface area contributed by atoms with Crippen molar-refractivity contribution in [2.45, 2.75) is 97.5 Å². The van der Waals surface area contributed by atoms with E-state index < -0.39 is 5.97 Å². The molecule has 4 nitrogen and oxygen atoms in total. The fourth-order valence-electron chi connectivity index (χ4n) is 3.86. The summed E-state index contributed by atoms with van der Waals surface area (Å²) in [6.07, 6.45) is 14.1. The van der Waals surface area contributed by atoms with Crippen molar-refractivity contribution < 1.29 is 19.0 Å². The molecular formula is C30H44O4. The third kappa shape index (κ3) is 10.7. The average Bonchev–Trinajstić information content (AvgIpc) is 2.86. The molecule has 0 fully saturated rings. The molecule has 0 aliphatic carbocycles. The molecule has 0 bridgehead atoms. The largest absolute Gasteiger partial charge is 0.490 e. The summed E-state index contributed by atoms with van der Waals surface area (Å²) in [4.78, 5) is 12.6. The fraction of sp³-hybridized carbons (Fsp3) is 0.567. The highest BCUT2D eigenvalue weighted by Crippen LogP contribution is 2.28. The highest BCUT2D eigenvalue weighted by molar-refractivity contribution is 5.91. The standard InChI is InChI=1S/C30H44O4/c1-4-6-7-8-9-10-11-12-13-16-24-32-25(3)26-19-21-27(22-20-26)30(31)34-29-18-15-14-17-28(29)33-23-5-2/h14-15,17-22,25H,4-13,16,23-24H2,1-3H3. The summed E-state index contributed by atoms with van der Waals surface area (Å²) in [5.41, 5.74) is 1.58. The van der Waals surface area contributed by atoms with Crippen molar-refractivity contribution >= 4 is 5.97 Å². The number of benzene rings is 2. The molecule has 4 heteroatoms. The maximum atomic E-state index is 12.6. The maximum absolute atomic E-state index is 12.6. The molecule has 0 saturated carbocycles. The molecule has 2 rings (SSSR count). The van der Waals surface area contributed by atoms with Crippen LogP contribution < -0.4 is 9.47 Å². The molecule has 34 heavy (non-hydrogen) atoms. The van der Waals surface area contributed by atoms with Crippen LogP contribution in [0.4, 0.5) is 0 Å². The predicted octanol–water partition coefficient (Wildman–Crippen LogP) is 8.69. The van der Waals surface area contributed by atoms with Gasteiger partial charge < -0.3 is 14.2 Å². The van der Waals surface area contributed by atoms with Gasteiger partial charge in [-0.3, -0.25) is 0 Å². The summed E-state index contributed by atoms with van der Waals surface area (Å²) in [5.74, 6) is 0.638. The number of ether oxygens (including phenoxy) is 3. The van der Waals surface area contributed by atoms with Crippen LogP contribution in [0.3, 0.4) is 0 Å². The first kappa shape index (κ1) is 27.9. The van der Waals surface area contributed by atoms with Crippen molar-refractivity contribution in [3.05, 3.63) is 59.7 Å². The van der Waals surface area contributed by atoms with E-state index in [1.54, 1.807) is 18.2 Å². The molecule has 0 saturated heterocycles. The lowest BCUT2D eigenvalue weighted by molar-refractivity contribution is 0.0625. The van der Waals surface area contributed by atoms with E-state index >= 15 is 0 Å². The van der Waals surface area contributed by atoms with E-state index in [2.05, 4.69) is 13.8 Å². The highest BCUT2D eigenvalue weighted by Gasteiger charge is 2.13. The zero-order valence-electron chi connectivity index (χ0n) is 21.5. The van der Waals surface area contributed by atoms with Crippen LogP contribution in [0.2, 0.25) is 0 Å². The minimum absolute atomic E-state index is 0.00630. The van der Waals surface area contributed by atoms with Gasteiger partial charge in [0.15, 0.2) is 11.5 Å². The van der Waals surface area contributed by atoms with Gasteiger partial charge in [0, 0.05) is 6.61 Å². The second kappa shape index (κ2) is 17.2. The van der Waals surface area contributed by atoms with Gasteiger partial charge in [0.25, 0.3) is 0 Å². The van der Waals surface area contributed by atoms with Crippen molar-refractivity contribution in [1.82, 2.24) is 0 Å². The van der Waals surface area contributed by atoms with Crippen molar-refractivity contribution in [2.24, 2.45) is 0 Å². The molecule has 1 unspecified atom stereocenters. The van der Waals surface area contributed by atoms with Crippen LogP contribution in [0, 0.1) is 0 Å². The van der Waals surface area contributed by atoms with Crippen LogP contribution in [0.1, 0.15) is 113 Å². The Morgan fingerprint density at radius 2 is 1.29 bits per heavy atom. The number of carbonyl (C=O) groups excluding carboxylic acids is 1. The average molecular weight is 469 g/mol. The van der Waals surface area contributed by atoms with Crippen LogP contribution in [0.5, 0.6) is 11.5 Å². The molecule has 0 aromatic heterocycles. The first-order valence-corrected chi connectivity index (χ1v) is 13.3. The van der Waals surface area contributed by atoms with Gasteiger partial charge >= 0.3 is 5.97 Å². The normalized spacial score (nSPS) is 11.9. The van der Waals surface area contributed by atoms with E-state index in [9.17, 15) is 4.79 Å². The van der Waals surface area contributed by atoms with Crippen molar-refractivity contribution in [1.29, 1.82) is 0 Å². The summed E-state index contributed by atoms with van der Waals surface area (Å²) in [6.45, 7) is 7.72. The number of para-hydroxylation sites is 2. The summed E-state index contributed by atoms with van der Waals surface area (Å²) >= 11 is 0. The lowest BCUT2D eigenvalue weighted by atomic mass is 10.1. The Kier molecular flexibility index (Phi) is 14.1. The third-order valence-corrected chi connectivity index (χ3v) is 6.00. The minimum atomic E-state index is -0.391. The Balaban J connectivity index is 1.67. The van der Waals surface area contributed by atoms with Crippen LogP contribution in [-0.2, 0) is 4.74 Å². The number of esters is 1. The van der Waals surface area contributed by atoms with Gasteiger partial charge in [0.05, 0.1) is 18.3 Å². The number of carbonyl (C=O) groups is 1. The number of rotatable bonds is 18. The number of hydrogen-bond acceptors (Lipinski definition) is 4. The van der Waals surface area contributed by atoms with Gasteiger partial charge in [0.2, 0.25) is 0 Å². The van der Waals surface area contributed by atoms with Gasteiger partial charge in [-0.15, -0.1) is 0 Å².